The third-order valence-electron chi connectivity index (χ3n) is 5.46. The molecule has 2 rings (SSSR count). The first kappa shape index (κ1) is 19.2. The third kappa shape index (κ3) is 2.45. The number of aliphatic carboxylic acids is 2. The number of hydrogen-bond acceptors (Lipinski definition) is 5. The first-order valence-electron chi connectivity index (χ1n) is 7.84. The van der Waals surface area contributed by atoms with Crippen LogP contribution in [0.4, 0.5) is 5.69 Å². The molecule has 0 radical (unpaired) electrons. The number of carboxylic acid groups (broad SMARTS) is 2. The van der Waals surface area contributed by atoms with Crippen LogP contribution in [-0.4, -0.2) is 34.1 Å². The van der Waals surface area contributed by atoms with Crippen molar-refractivity contribution in [3.05, 3.63) is 62.9 Å². The van der Waals surface area contributed by atoms with E-state index in [0.29, 0.717) is 5.57 Å². The predicted molar refractivity (Wildman–Crippen MR) is 93.7 cm³/mol. The van der Waals surface area contributed by atoms with Gasteiger partial charge in [0.15, 0.2) is 0 Å². The van der Waals surface area contributed by atoms with Gasteiger partial charge in [0.25, 0.3) is 5.69 Å². The summed E-state index contributed by atoms with van der Waals surface area (Å²) < 4.78 is 0. The summed E-state index contributed by atoms with van der Waals surface area (Å²) in [5.74, 6) is -2.51. The van der Waals surface area contributed by atoms with Crippen molar-refractivity contribution in [3.63, 3.8) is 0 Å². The standard InChI is InChI=1S/C18H20N2O6/c1-10-8-13(19-4)14(15(21)22)18(3,17(10,2)16(23)24)11-6-5-7-12(9-11)20(25)26/h5-9,19H,1-4H3,(H,21,22)(H,23,24). The normalized spacial score (nSPS) is 25.5. The Balaban J connectivity index is 2.97. The Morgan fingerprint density at radius 1 is 1.23 bits per heavy atom. The van der Waals surface area contributed by atoms with Gasteiger partial charge in [0.05, 0.1) is 15.9 Å². The summed E-state index contributed by atoms with van der Waals surface area (Å²) in [7, 11) is 1.54. The van der Waals surface area contributed by atoms with E-state index in [1.54, 1.807) is 14.0 Å². The maximum absolute atomic E-state index is 12.2. The number of nitrogens with one attached hydrogen (secondary N) is 1. The zero-order valence-corrected chi connectivity index (χ0v) is 14.9. The van der Waals surface area contributed by atoms with Crippen LogP contribution < -0.4 is 5.32 Å². The molecule has 2 unspecified atom stereocenters. The van der Waals surface area contributed by atoms with E-state index < -0.39 is 27.7 Å². The van der Waals surface area contributed by atoms with E-state index in [-0.39, 0.29) is 22.5 Å². The molecule has 138 valence electrons. The smallest absolute Gasteiger partial charge is 0.334 e. The second-order valence-corrected chi connectivity index (χ2v) is 6.53. The molecule has 1 aliphatic rings. The van der Waals surface area contributed by atoms with Crippen LogP contribution in [0, 0.1) is 15.5 Å². The fraction of sp³-hybridized carbons (Fsp3) is 0.333. The molecule has 0 aromatic heterocycles. The highest BCUT2D eigenvalue weighted by Gasteiger charge is 2.59. The number of carboxylic acids is 2. The van der Waals surface area contributed by atoms with Crippen LogP contribution in [0.15, 0.2) is 47.2 Å². The van der Waals surface area contributed by atoms with Crippen molar-refractivity contribution in [2.75, 3.05) is 7.05 Å². The monoisotopic (exact) mass is 360 g/mol. The van der Waals surface area contributed by atoms with E-state index in [1.807, 2.05) is 0 Å². The van der Waals surface area contributed by atoms with Crippen molar-refractivity contribution in [1.29, 1.82) is 0 Å². The second kappa shape index (κ2) is 6.29. The molecule has 0 fully saturated rings. The number of nitrogens with zero attached hydrogens (tertiary/aromatic N) is 1. The molecule has 2 atom stereocenters. The first-order chi connectivity index (χ1) is 12.0. The van der Waals surface area contributed by atoms with Crippen molar-refractivity contribution in [1.82, 2.24) is 5.32 Å². The number of benzene rings is 1. The third-order valence-corrected chi connectivity index (χ3v) is 5.46. The van der Waals surface area contributed by atoms with Gasteiger partial charge in [-0.2, -0.15) is 0 Å². The van der Waals surface area contributed by atoms with Crippen LogP contribution in [0.3, 0.4) is 0 Å². The molecule has 0 amide bonds. The van der Waals surface area contributed by atoms with E-state index >= 15 is 0 Å². The molecule has 1 aromatic rings. The van der Waals surface area contributed by atoms with Crippen molar-refractivity contribution in [2.24, 2.45) is 5.41 Å². The molecule has 0 saturated heterocycles. The molecular weight excluding hydrogens is 340 g/mol. The van der Waals surface area contributed by atoms with E-state index in [9.17, 15) is 29.9 Å². The Kier molecular flexibility index (Phi) is 4.64. The van der Waals surface area contributed by atoms with Gasteiger partial charge in [-0.05, 0) is 32.4 Å². The number of nitro groups is 1. The van der Waals surface area contributed by atoms with Gasteiger partial charge in [0, 0.05) is 30.3 Å². The van der Waals surface area contributed by atoms with Gasteiger partial charge >= 0.3 is 11.9 Å². The molecule has 0 saturated carbocycles. The largest absolute Gasteiger partial charge is 0.481 e. The van der Waals surface area contributed by atoms with E-state index in [2.05, 4.69) is 5.32 Å². The number of non-ortho nitro benzene ring substituents is 1. The summed E-state index contributed by atoms with van der Waals surface area (Å²) in [6.07, 6.45) is 1.50. The van der Waals surface area contributed by atoms with Gasteiger partial charge < -0.3 is 15.5 Å². The van der Waals surface area contributed by atoms with Crippen molar-refractivity contribution in [2.45, 2.75) is 26.2 Å². The molecular formula is C18H20N2O6. The van der Waals surface area contributed by atoms with Gasteiger partial charge in [-0.1, -0.05) is 17.7 Å². The lowest BCUT2D eigenvalue weighted by Gasteiger charge is -2.48. The van der Waals surface area contributed by atoms with Gasteiger partial charge in [0.2, 0.25) is 0 Å². The number of likely N-dealkylation sites (N-methyl/N-ethyl adjacent to an activating group) is 1. The lowest BCUT2D eigenvalue weighted by atomic mass is 9.53. The van der Waals surface area contributed by atoms with Crippen LogP contribution in [-0.2, 0) is 15.0 Å². The fourth-order valence-electron chi connectivity index (χ4n) is 3.62. The van der Waals surface area contributed by atoms with Crippen LogP contribution >= 0.6 is 0 Å². The summed E-state index contributed by atoms with van der Waals surface area (Å²) in [5, 5.41) is 33.8. The van der Waals surface area contributed by atoms with Crippen molar-refractivity contribution < 1.29 is 24.7 Å². The highest BCUT2D eigenvalue weighted by atomic mass is 16.6. The Labute approximate surface area is 150 Å². The molecule has 3 N–H and O–H groups in total. The van der Waals surface area contributed by atoms with Crippen LogP contribution in [0.2, 0.25) is 0 Å². The Morgan fingerprint density at radius 2 is 1.85 bits per heavy atom. The number of carbonyl (C=O) groups is 2. The summed E-state index contributed by atoms with van der Waals surface area (Å²) in [6, 6.07) is 5.45. The van der Waals surface area contributed by atoms with Gasteiger partial charge in [-0.25, -0.2) is 4.79 Å². The maximum atomic E-state index is 12.2. The number of hydrogen-bond donors (Lipinski definition) is 3. The van der Waals surface area contributed by atoms with Gasteiger partial charge in [0.1, 0.15) is 0 Å². The predicted octanol–water partition coefficient (Wildman–Crippen LogP) is 2.46. The molecule has 8 nitrogen and oxygen atoms in total. The highest BCUT2D eigenvalue weighted by Crippen LogP contribution is 2.55. The average Bonchev–Trinajstić information content (AvgIpc) is 2.58. The maximum Gasteiger partial charge on any atom is 0.334 e. The second-order valence-electron chi connectivity index (χ2n) is 6.53. The first-order valence-corrected chi connectivity index (χ1v) is 7.84. The molecule has 0 spiro atoms. The molecule has 0 aliphatic heterocycles. The quantitative estimate of drug-likeness (QED) is 0.543. The molecule has 0 heterocycles. The molecule has 26 heavy (non-hydrogen) atoms. The minimum atomic E-state index is -1.61. The minimum Gasteiger partial charge on any atom is -0.481 e. The lowest BCUT2D eigenvalue weighted by Crippen LogP contribution is -2.53. The van der Waals surface area contributed by atoms with Gasteiger partial charge in [-0.15, -0.1) is 0 Å². The summed E-state index contributed by atoms with van der Waals surface area (Å²) in [4.78, 5) is 34.9. The summed E-state index contributed by atoms with van der Waals surface area (Å²) in [6.45, 7) is 4.55. The van der Waals surface area contributed by atoms with E-state index in [4.69, 9.17) is 0 Å². The average molecular weight is 360 g/mol. The fourth-order valence-corrected chi connectivity index (χ4v) is 3.62. The zero-order chi connectivity index (χ0) is 19.9. The van der Waals surface area contributed by atoms with Crippen molar-refractivity contribution >= 4 is 17.6 Å². The Bertz CT molecular complexity index is 872. The molecule has 0 bridgehead atoms. The van der Waals surface area contributed by atoms with E-state index in [0.717, 1.165) is 0 Å². The number of allylic oxidation sites excluding steroid dienone is 1. The van der Waals surface area contributed by atoms with Crippen molar-refractivity contribution in [3.8, 4) is 0 Å². The Hall–Kier alpha value is -3.16. The SMILES string of the molecule is CNC1=C(C(=O)O)C(C)(c2cccc([N+](=O)[O-])c2)C(C)(C(=O)O)C(C)=C1. The van der Waals surface area contributed by atoms with Gasteiger partial charge in [-0.3, -0.25) is 14.9 Å². The molecule has 1 aliphatic carbocycles. The number of nitro benzene ring substituents is 1. The Morgan fingerprint density at radius 3 is 2.31 bits per heavy atom. The van der Waals surface area contributed by atoms with Crippen LogP contribution in [0.5, 0.6) is 0 Å². The zero-order valence-electron chi connectivity index (χ0n) is 14.9. The summed E-state index contributed by atoms with van der Waals surface area (Å²) >= 11 is 0. The minimum absolute atomic E-state index is 0.156. The van der Waals surface area contributed by atoms with E-state index in [1.165, 1.54) is 44.2 Å². The van der Waals surface area contributed by atoms with Crippen LogP contribution in [0.25, 0.3) is 0 Å². The number of rotatable bonds is 5. The highest BCUT2D eigenvalue weighted by molar-refractivity contribution is 5.96. The topological polar surface area (TPSA) is 130 Å². The summed E-state index contributed by atoms with van der Waals surface area (Å²) in [5.41, 5.74) is -2.61. The molecule has 1 aromatic carbocycles. The lowest BCUT2D eigenvalue weighted by molar-refractivity contribution is -0.385. The van der Waals surface area contributed by atoms with Crippen LogP contribution in [0.1, 0.15) is 26.3 Å². The molecule has 8 heteroatoms.